The van der Waals surface area contributed by atoms with Crippen molar-refractivity contribution in [2.45, 2.75) is 98.5 Å². The van der Waals surface area contributed by atoms with Gasteiger partial charge in [-0.15, -0.1) is 0 Å². The van der Waals surface area contributed by atoms with Gasteiger partial charge in [0.2, 0.25) is 0 Å². The van der Waals surface area contributed by atoms with Gasteiger partial charge in [-0.3, -0.25) is 9.69 Å². The molecule has 2 rings (SSSR count). The van der Waals surface area contributed by atoms with Crippen LogP contribution in [0.5, 0.6) is 0 Å². The summed E-state index contributed by atoms with van der Waals surface area (Å²) in [5, 5.41) is 0. The molecule has 0 aromatic heterocycles. The number of carbonyl (C=O) groups excluding carboxylic acids is 1. The highest BCUT2D eigenvalue weighted by Crippen LogP contribution is 2.66. The SMILES string of the molecule is CCCCCN(CCCCC)CC(=O)OC1CC2CCC1(C)C2(C)C. The summed E-state index contributed by atoms with van der Waals surface area (Å²) < 4.78 is 6.05. The lowest BCUT2D eigenvalue weighted by Crippen LogP contribution is -2.41. The van der Waals surface area contributed by atoms with Crippen molar-refractivity contribution in [1.82, 2.24) is 4.90 Å². The van der Waals surface area contributed by atoms with E-state index in [0.717, 1.165) is 25.4 Å². The van der Waals surface area contributed by atoms with Crippen molar-refractivity contribution in [3.8, 4) is 0 Å². The molecule has 3 heteroatoms. The van der Waals surface area contributed by atoms with Gasteiger partial charge in [0, 0.05) is 5.41 Å². The highest BCUT2D eigenvalue weighted by molar-refractivity contribution is 5.72. The van der Waals surface area contributed by atoms with Gasteiger partial charge in [-0.1, -0.05) is 60.3 Å². The quantitative estimate of drug-likeness (QED) is 0.367. The van der Waals surface area contributed by atoms with Crippen molar-refractivity contribution in [3.05, 3.63) is 0 Å². The van der Waals surface area contributed by atoms with Gasteiger partial charge in [0.05, 0.1) is 6.54 Å². The topological polar surface area (TPSA) is 29.5 Å². The summed E-state index contributed by atoms with van der Waals surface area (Å²) in [6.45, 7) is 14.1. The molecule has 0 aromatic carbocycles. The van der Waals surface area contributed by atoms with Crippen LogP contribution in [0, 0.1) is 16.7 Å². The van der Waals surface area contributed by atoms with Crippen LogP contribution in [0.2, 0.25) is 0 Å². The van der Waals surface area contributed by atoms with Crippen molar-refractivity contribution in [1.29, 1.82) is 0 Å². The van der Waals surface area contributed by atoms with E-state index in [9.17, 15) is 4.79 Å². The van der Waals surface area contributed by atoms with Gasteiger partial charge >= 0.3 is 5.97 Å². The molecule has 2 fully saturated rings. The van der Waals surface area contributed by atoms with Crippen molar-refractivity contribution < 1.29 is 9.53 Å². The van der Waals surface area contributed by atoms with Gasteiger partial charge in [-0.2, -0.15) is 0 Å². The lowest BCUT2D eigenvalue weighted by molar-refractivity contribution is -0.158. The zero-order valence-corrected chi connectivity index (χ0v) is 17.4. The molecule has 2 aliphatic carbocycles. The number of carbonyl (C=O) groups is 1. The second kappa shape index (κ2) is 8.88. The first-order valence-corrected chi connectivity index (χ1v) is 10.8. The third-order valence-electron chi connectivity index (χ3n) is 7.50. The first-order chi connectivity index (χ1) is 11.8. The lowest BCUT2D eigenvalue weighted by Gasteiger charge is -2.38. The van der Waals surface area contributed by atoms with E-state index >= 15 is 0 Å². The number of hydrogen-bond donors (Lipinski definition) is 0. The van der Waals surface area contributed by atoms with Crippen molar-refractivity contribution in [2.24, 2.45) is 16.7 Å². The number of ether oxygens (including phenoxy) is 1. The van der Waals surface area contributed by atoms with E-state index in [1.54, 1.807) is 0 Å². The number of nitrogens with zero attached hydrogens (tertiary/aromatic N) is 1. The number of hydrogen-bond acceptors (Lipinski definition) is 3. The molecule has 3 atom stereocenters. The van der Waals surface area contributed by atoms with Gasteiger partial charge in [0.25, 0.3) is 0 Å². The van der Waals surface area contributed by atoms with Crippen LogP contribution in [0.1, 0.15) is 92.4 Å². The molecule has 2 aliphatic rings. The summed E-state index contributed by atoms with van der Waals surface area (Å²) in [4.78, 5) is 15.0. The van der Waals surface area contributed by atoms with E-state index in [4.69, 9.17) is 4.74 Å². The molecular formula is C22H41NO2. The average Bonchev–Trinajstić information content (AvgIpc) is 2.88. The van der Waals surface area contributed by atoms with Gasteiger partial charge in [0.15, 0.2) is 0 Å². The fraction of sp³-hybridized carbons (Fsp3) is 0.955. The minimum atomic E-state index is 0.00238. The molecule has 0 saturated heterocycles. The Bertz CT molecular complexity index is 424. The number of fused-ring (bicyclic) bond motifs is 2. The first-order valence-electron chi connectivity index (χ1n) is 10.8. The fourth-order valence-corrected chi connectivity index (χ4v) is 5.13. The molecule has 0 heterocycles. The molecule has 2 bridgehead atoms. The van der Waals surface area contributed by atoms with E-state index in [0.29, 0.717) is 12.0 Å². The van der Waals surface area contributed by atoms with E-state index in [-0.39, 0.29) is 17.5 Å². The number of rotatable bonds is 11. The predicted molar refractivity (Wildman–Crippen MR) is 105 cm³/mol. The standard InChI is InChI=1S/C22H41NO2/c1-6-8-10-14-23(15-11-9-7-2)17-20(24)25-19-16-18-12-13-22(19,5)21(18,3)4/h18-19H,6-17H2,1-5H3. The monoisotopic (exact) mass is 351 g/mol. The average molecular weight is 352 g/mol. The van der Waals surface area contributed by atoms with Crippen LogP contribution >= 0.6 is 0 Å². The third kappa shape index (κ3) is 4.59. The Hall–Kier alpha value is -0.570. The molecule has 3 nitrogen and oxygen atoms in total. The summed E-state index contributed by atoms with van der Waals surface area (Å²) in [6.07, 6.45) is 11.0. The number of unbranched alkanes of at least 4 members (excludes halogenated alkanes) is 4. The van der Waals surface area contributed by atoms with Gasteiger partial charge in [-0.05, 0) is 56.5 Å². The highest BCUT2D eigenvalue weighted by Gasteiger charge is 2.62. The van der Waals surface area contributed by atoms with E-state index in [1.165, 1.54) is 51.4 Å². The van der Waals surface area contributed by atoms with Gasteiger partial charge in [0.1, 0.15) is 6.10 Å². The zero-order valence-electron chi connectivity index (χ0n) is 17.4. The predicted octanol–water partition coefficient (Wildman–Crippen LogP) is 5.43. The summed E-state index contributed by atoms with van der Waals surface area (Å²) in [7, 11) is 0. The van der Waals surface area contributed by atoms with Crippen LogP contribution in [-0.2, 0) is 9.53 Å². The van der Waals surface area contributed by atoms with E-state index < -0.39 is 0 Å². The molecule has 0 aliphatic heterocycles. The van der Waals surface area contributed by atoms with Crippen molar-refractivity contribution in [3.63, 3.8) is 0 Å². The van der Waals surface area contributed by atoms with Gasteiger partial charge in [-0.25, -0.2) is 0 Å². The maximum Gasteiger partial charge on any atom is 0.320 e. The van der Waals surface area contributed by atoms with Crippen LogP contribution in [0.15, 0.2) is 0 Å². The van der Waals surface area contributed by atoms with E-state index in [2.05, 4.69) is 39.5 Å². The Morgan fingerprint density at radius 3 is 2.08 bits per heavy atom. The molecule has 0 aromatic rings. The molecule has 0 amide bonds. The van der Waals surface area contributed by atoms with Crippen LogP contribution in [0.3, 0.4) is 0 Å². The summed E-state index contributed by atoms with van der Waals surface area (Å²) in [6, 6.07) is 0. The highest BCUT2D eigenvalue weighted by atomic mass is 16.5. The maximum atomic E-state index is 12.6. The first kappa shape index (κ1) is 20.7. The minimum absolute atomic E-state index is 0.00238. The Balaban J connectivity index is 1.85. The van der Waals surface area contributed by atoms with Crippen LogP contribution < -0.4 is 0 Å². The second-order valence-electron chi connectivity index (χ2n) is 9.28. The van der Waals surface area contributed by atoms with Crippen molar-refractivity contribution >= 4 is 5.97 Å². The third-order valence-corrected chi connectivity index (χ3v) is 7.50. The maximum absolute atomic E-state index is 12.6. The second-order valence-corrected chi connectivity index (χ2v) is 9.28. The van der Waals surface area contributed by atoms with Crippen molar-refractivity contribution in [2.75, 3.05) is 19.6 Å². The van der Waals surface area contributed by atoms with Gasteiger partial charge < -0.3 is 4.74 Å². The fourth-order valence-electron chi connectivity index (χ4n) is 5.13. The van der Waals surface area contributed by atoms with Crippen LogP contribution in [0.25, 0.3) is 0 Å². The summed E-state index contributed by atoms with van der Waals surface area (Å²) in [5.41, 5.74) is 0.475. The summed E-state index contributed by atoms with van der Waals surface area (Å²) >= 11 is 0. The Labute approximate surface area is 155 Å². The Kier molecular flexibility index (Phi) is 7.37. The molecular weight excluding hydrogens is 310 g/mol. The molecule has 3 unspecified atom stereocenters. The Morgan fingerprint density at radius 1 is 1.04 bits per heavy atom. The van der Waals surface area contributed by atoms with E-state index in [1.807, 2.05) is 0 Å². The minimum Gasteiger partial charge on any atom is -0.461 e. The smallest absolute Gasteiger partial charge is 0.320 e. The largest absolute Gasteiger partial charge is 0.461 e. The van der Waals surface area contributed by atoms with Crippen LogP contribution in [0.4, 0.5) is 0 Å². The Morgan fingerprint density at radius 2 is 1.64 bits per heavy atom. The van der Waals surface area contributed by atoms with Crippen LogP contribution in [-0.4, -0.2) is 36.6 Å². The molecule has 0 N–H and O–H groups in total. The summed E-state index contributed by atoms with van der Waals surface area (Å²) in [5.74, 6) is 0.725. The zero-order chi connectivity index (χ0) is 18.5. The normalized spacial score (nSPS) is 30.2. The lowest BCUT2D eigenvalue weighted by atomic mass is 9.70. The molecule has 146 valence electrons. The molecule has 0 spiro atoms. The molecule has 25 heavy (non-hydrogen) atoms. The molecule has 0 radical (unpaired) electrons. The number of esters is 1. The molecule has 2 saturated carbocycles.